The van der Waals surface area contributed by atoms with E-state index in [-0.39, 0.29) is 6.15 Å². The fourth-order valence-corrected chi connectivity index (χ4v) is 4.30. The van der Waals surface area contributed by atoms with Crippen molar-refractivity contribution >= 4 is 6.15 Å². The summed E-state index contributed by atoms with van der Waals surface area (Å²) in [5.41, 5.74) is 0. The first-order valence-electron chi connectivity index (χ1n) is 10.6. The maximum atomic E-state index is 2.33. The number of rotatable bonds is 12. The molecule has 0 N–H and O–H groups in total. The second-order valence-corrected chi connectivity index (χ2v) is 7.60. The Labute approximate surface area is 143 Å². The van der Waals surface area contributed by atoms with Gasteiger partial charge in [-0.2, -0.15) is 25.3 Å². The van der Waals surface area contributed by atoms with Crippen molar-refractivity contribution in [3.8, 4) is 0 Å². The Bertz CT molecular complexity index is 177. The van der Waals surface area contributed by atoms with Gasteiger partial charge in [0.2, 0.25) is 0 Å². The minimum Gasteiger partial charge on any atom is -0.324 e. The van der Waals surface area contributed by atoms with Gasteiger partial charge < -0.3 is 4.48 Å². The molecule has 2 heteroatoms. The second-order valence-electron chi connectivity index (χ2n) is 7.60. The molecule has 0 spiro atoms. The summed E-state index contributed by atoms with van der Waals surface area (Å²) in [6.07, 6.45) is 11.0. The summed E-state index contributed by atoms with van der Waals surface area (Å²) in [6, 6.07) is 0. The number of quaternary nitrogens is 1. The first-order valence-corrected chi connectivity index (χ1v) is 10.6. The zero-order valence-electron chi connectivity index (χ0n) is 17.5. The van der Waals surface area contributed by atoms with Crippen molar-refractivity contribution in [3.05, 3.63) is 0 Å². The maximum absolute atomic E-state index is 2.33. The molecule has 0 saturated heterocycles. The van der Waals surface area contributed by atoms with Gasteiger partial charge in [0.15, 0.2) is 0 Å². The molecule has 0 fully saturated rings. The van der Waals surface area contributed by atoms with Crippen molar-refractivity contribution in [1.82, 2.24) is 0 Å². The SMILES string of the molecule is CCC[N+](CCC)(CCC)CCC.CC[B-](CC)(CC)CC. The third-order valence-corrected chi connectivity index (χ3v) is 6.26. The summed E-state index contributed by atoms with van der Waals surface area (Å²) in [4.78, 5) is 0. The summed E-state index contributed by atoms with van der Waals surface area (Å²) in [7, 11) is 0. The van der Waals surface area contributed by atoms with Gasteiger partial charge in [-0.3, -0.25) is 0 Å². The van der Waals surface area contributed by atoms with E-state index in [4.69, 9.17) is 0 Å². The van der Waals surface area contributed by atoms with Gasteiger partial charge in [-0.15, -0.1) is 0 Å². The van der Waals surface area contributed by atoms with Gasteiger partial charge in [0.05, 0.1) is 26.2 Å². The van der Waals surface area contributed by atoms with E-state index in [9.17, 15) is 0 Å². The summed E-state index contributed by atoms with van der Waals surface area (Å²) >= 11 is 0. The van der Waals surface area contributed by atoms with Crippen LogP contribution in [0, 0.1) is 0 Å². The molecule has 0 aromatic heterocycles. The van der Waals surface area contributed by atoms with E-state index in [2.05, 4.69) is 55.4 Å². The standard InChI is InChI=1S/C12H28N.C8H20B/c1-5-9-13(10-6-2,11-7-3)12-8-4;1-5-9(6-2,7-3)8-4/h5-12H2,1-4H3;5-8H2,1-4H3/q+1;-1. The van der Waals surface area contributed by atoms with Gasteiger partial charge in [0.1, 0.15) is 0 Å². The average molecular weight is 313 g/mol. The lowest BCUT2D eigenvalue weighted by atomic mass is 9.19. The van der Waals surface area contributed by atoms with Crippen LogP contribution in [-0.4, -0.2) is 36.8 Å². The summed E-state index contributed by atoms with van der Waals surface area (Å²) < 4.78 is 1.38. The van der Waals surface area contributed by atoms with Crippen molar-refractivity contribution in [2.75, 3.05) is 26.2 Å². The normalized spacial score (nSPS) is 12.0. The maximum Gasteiger partial charge on any atom is 0.0783 e. The van der Waals surface area contributed by atoms with E-state index >= 15 is 0 Å². The highest BCUT2D eigenvalue weighted by molar-refractivity contribution is 6.79. The van der Waals surface area contributed by atoms with Crippen LogP contribution in [0.3, 0.4) is 0 Å². The molecule has 0 aromatic rings. The molecule has 0 radical (unpaired) electrons. The van der Waals surface area contributed by atoms with Gasteiger partial charge >= 0.3 is 0 Å². The Morgan fingerprint density at radius 1 is 0.455 bits per heavy atom. The van der Waals surface area contributed by atoms with Crippen LogP contribution in [0.15, 0.2) is 0 Å². The van der Waals surface area contributed by atoms with Gasteiger partial charge in [0, 0.05) is 0 Å². The Morgan fingerprint density at radius 3 is 0.773 bits per heavy atom. The van der Waals surface area contributed by atoms with Crippen LogP contribution >= 0.6 is 0 Å². The zero-order valence-corrected chi connectivity index (χ0v) is 17.5. The van der Waals surface area contributed by atoms with Gasteiger partial charge in [-0.05, 0) is 31.8 Å². The van der Waals surface area contributed by atoms with Crippen LogP contribution in [0.5, 0.6) is 0 Å². The summed E-state index contributed by atoms with van der Waals surface area (Å²) in [6.45, 7) is 24.1. The fourth-order valence-electron chi connectivity index (χ4n) is 4.30. The predicted octanol–water partition coefficient (Wildman–Crippen LogP) is 6.96. The Balaban J connectivity index is 0. The molecule has 1 nitrogen and oxygen atoms in total. The second kappa shape index (κ2) is 14.6. The minimum atomic E-state index is 0.0556. The third-order valence-electron chi connectivity index (χ3n) is 6.26. The van der Waals surface area contributed by atoms with E-state index in [0.717, 1.165) is 0 Å². The van der Waals surface area contributed by atoms with Crippen LogP contribution < -0.4 is 0 Å². The van der Waals surface area contributed by atoms with Crippen LogP contribution in [0.1, 0.15) is 81.1 Å². The molecule has 0 amide bonds. The van der Waals surface area contributed by atoms with Gasteiger partial charge in [0.25, 0.3) is 0 Å². The molecule has 0 atom stereocenters. The highest BCUT2D eigenvalue weighted by Crippen LogP contribution is 2.23. The quantitative estimate of drug-likeness (QED) is 0.270. The van der Waals surface area contributed by atoms with Crippen molar-refractivity contribution < 1.29 is 4.48 Å². The number of hydrogen-bond donors (Lipinski definition) is 0. The Morgan fingerprint density at radius 2 is 0.682 bits per heavy atom. The topological polar surface area (TPSA) is 0 Å². The largest absolute Gasteiger partial charge is 0.324 e. The van der Waals surface area contributed by atoms with E-state index < -0.39 is 0 Å². The molecular formula is C20H48BN. The average Bonchev–Trinajstić information content (AvgIpc) is 2.52. The lowest BCUT2D eigenvalue weighted by Gasteiger charge is -2.38. The monoisotopic (exact) mass is 313 g/mol. The molecule has 0 rings (SSSR count). The highest BCUT2D eigenvalue weighted by atomic mass is 15.3. The lowest BCUT2D eigenvalue weighted by Crippen LogP contribution is -2.50. The van der Waals surface area contributed by atoms with Crippen LogP contribution in [0.25, 0.3) is 0 Å². The molecule has 0 heterocycles. The fraction of sp³-hybridized carbons (Fsp3) is 1.00. The molecule has 0 aliphatic carbocycles. The molecule has 0 bridgehead atoms. The molecule has 0 unspecified atom stereocenters. The molecule has 0 aromatic carbocycles. The number of hydrogen-bond acceptors (Lipinski definition) is 0. The van der Waals surface area contributed by atoms with Gasteiger partial charge in [-0.25, -0.2) is 0 Å². The van der Waals surface area contributed by atoms with E-state index in [0.29, 0.717) is 0 Å². The number of nitrogens with zero attached hydrogens (tertiary/aromatic N) is 1. The molecule has 0 aliphatic rings. The van der Waals surface area contributed by atoms with Crippen molar-refractivity contribution in [3.63, 3.8) is 0 Å². The van der Waals surface area contributed by atoms with E-state index in [1.165, 1.54) is 81.6 Å². The van der Waals surface area contributed by atoms with Crippen molar-refractivity contribution in [1.29, 1.82) is 0 Å². The highest BCUT2D eigenvalue weighted by Gasteiger charge is 2.22. The van der Waals surface area contributed by atoms with Crippen LogP contribution in [0.4, 0.5) is 0 Å². The zero-order chi connectivity index (χ0) is 17.5. The first-order chi connectivity index (χ1) is 10.5. The van der Waals surface area contributed by atoms with Crippen LogP contribution in [0.2, 0.25) is 25.3 Å². The first kappa shape index (κ1) is 24.3. The van der Waals surface area contributed by atoms with Gasteiger partial charge in [-0.1, -0.05) is 55.4 Å². The Kier molecular flexibility index (Phi) is 16.1. The lowest BCUT2D eigenvalue weighted by molar-refractivity contribution is -0.928. The molecule has 136 valence electrons. The third kappa shape index (κ3) is 9.23. The minimum absolute atomic E-state index is 0.0556. The summed E-state index contributed by atoms with van der Waals surface area (Å²) in [5, 5.41) is 0. The van der Waals surface area contributed by atoms with Crippen molar-refractivity contribution in [2.24, 2.45) is 0 Å². The smallest absolute Gasteiger partial charge is 0.0783 e. The van der Waals surface area contributed by atoms with Crippen LogP contribution in [-0.2, 0) is 0 Å². The molecule has 22 heavy (non-hydrogen) atoms. The molecule has 0 saturated carbocycles. The predicted molar refractivity (Wildman–Crippen MR) is 109 cm³/mol. The Hall–Kier alpha value is 0.0249. The molecule has 0 aliphatic heterocycles. The van der Waals surface area contributed by atoms with E-state index in [1.807, 2.05) is 0 Å². The van der Waals surface area contributed by atoms with E-state index in [1.54, 1.807) is 0 Å². The molecular weight excluding hydrogens is 265 g/mol. The van der Waals surface area contributed by atoms with Crippen molar-refractivity contribution in [2.45, 2.75) is 106 Å². The summed E-state index contributed by atoms with van der Waals surface area (Å²) in [5.74, 6) is 0.